The van der Waals surface area contributed by atoms with Crippen molar-refractivity contribution < 1.29 is 23.8 Å². The number of methoxy groups -OCH3 is 1. The SMILES string of the molecule is COCCOC(=O)C[C@@H](CNC(=O)OC(C)(C)C)CC(C)C. The van der Waals surface area contributed by atoms with Crippen molar-refractivity contribution in [3.05, 3.63) is 0 Å². The fourth-order valence-corrected chi connectivity index (χ4v) is 1.98. The summed E-state index contributed by atoms with van der Waals surface area (Å²) in [6.07, 6.45) is 0.640. The molecule has 0 radical (unpaired) electrons. The number of alkyl carbamates (subject to hydrolysis) is 1. The lowest BCUT2D eigenvalue weighted by Gasteiger charge is -2.22. The lowest BCUT2D eigenvalue weighted by Crippen LogP contribution is -2.36. The van der Waals surface area contributed by atoms with Crippen LogP contribution in [0.4, 0.5) is 4.79 Å². The van der Waals surface area contributed by atoms with E-state index >= 15 is 0 Å². The molecule has 0 aromatic rings. The molecule has 0 aliphatic heterocycles. The Bertz CT molecular complexity index is 336. The zero-order valence-electron chi connectivity index (χ0n) is 14.7. The largest absolute Gasteiger partial charge is 0.463 e. The van der Waals surface area contributed by atoms with Crippen LogP contribution < -0.4 is 5.32 Å². The number of ether oxygens (including phenoxy) is 3. The van der Waals surface area contributed by atoms with Gasteiger partial charge in [-0.15, -0.1) is 0 Å². The maximum Gasteiger partial charge on any atom is 0.407 e. The molecule has 0 aliphatic rings. The molecule has 0 heterocycles. The van der Waals surface area contributed by atoms with Crippen LogP contribution in [0, 0.1) is 11.8 Å². The molecule has 0 aromatic carbocycles. The quantitative estimate of drug-likeness (QED) is 0.523. The van der Waals surface area contributed by atoms with Gasteiger partial charge in [-0.1, -0.05) is 13.8 Å². The Hall–Kier alpha value is -1.30. The average Bonchev–Trinajstić information content (AvgIpc) is 2.33. The van der Waals surface area contributed by atoms with Crippen LogP contribution in [0.3, 0.4) is 0 Å². The van der Waals surface area contributed by atoms with Crippen molar-refractivity contribution >= 4 is 12.1 Å². The second-order valence-electron chi connectivity index (χ2n) is 6.80. The third kappa shape index (κ3) is 12.4. The van der Waals surface area contributed by atoms with E-state index in [1.54, 1.807) is 7.11 Å². The third-order valence-corrected chi connectivity index (χ3v) is 2.74. The summed E-state index contributed by atoms with van der Waals surface area (Å²) in [5, 5.41) is 2.72. The van der Waals surface area contributed by atoms with Crippen molar-refractivity contribution in [1.82, 2.24) is 5.32 Å². The van der Waals surface area contributed by atoms with Gasteiger partial charge in [0.05, 0.1) is 13.0 Å². The van der Waals surface area contributed by atoms with Crippen LogP contribution in [0.2, 0.25) is 0 Å². The minimum atomic E-state index is -0.531. The van der Waals surface area contributed by atoms with Crippen LogP contribution in [-0.4, -0.2) is 44.5 Å². The highest BCUT2D eigenvalue weighted by molar-refractivity contribution is 5.70. The fraction of sp³-hybridized carbons (Fsp3) is 0.875. The van der Waals surface area contributed by atoms with Gasteiger partial charge in [0.25, 0.3) is 0 Å². The molecule has 0 bridgehead atoms. The number of esters is 1. The minimum absolute atomic E-state index is 0.0302. The molecule has 1 amide bonds. The number of hydrogen-bond donors (Lipinski definition) is 1. The van der Waals surface area contributed by atoms with E-state index in [9.17, 15) is 9.59 Å². The van der Waals surface area contributed by atoms with Crippen molar-refractivity contribution in [3.8, 4) is 0 Å². The molecule has 6 nitrogen and oxygen atoms in total. The summed E-state index contributed by atoms with van der Waals surface area (Å²) in [7, 11) is 1.56. The molecule has 0 unspecified atom stereocenters. The van der Waals surface area contributed by atoms with Gasteiger partial charge in [0.1, 0.15) is 12.2 Å². The molecular formula is C16H31NO5. The molecule has 1 N–H and O–H groups in total. The Morgan fingerprint density at radius 3 is 2.27 bits per heavy atom. The number of carbonyl (C=O) groups excluding carboxylic acids is 2. The monoisotopic (exact) mass is 317 g/mol. The Labute approximate surface area is 133 Å². The first-order chi connectivity index (χ1) is 10.1. The van der Waals surface area contributed by atoms with E-state index in [1.165, 1.54) is 0 Å². The summed E-state index contributed by atoms with van der Waals surface area (Å²) in [4.78, 5) is 23.4. The average molecular weight is 317 g/mol. The van der Waals surface area contributed by atoms with Crippen molar-refractivity contribution in [2.75, 3.05) is 26.9 Å². The maximum atomic E-state index is 11.8. The molecular weight excluding hydrogens is 286 g/mol. The van der Waals surface area contributed by atoms with Gasteiger partial charge >= 0.3 is 12.1 Å². The summed E-state index contributed by atoms with van der Waals surface area (Å²) in [5.41, 5.74) is -0.531. The van der Waals surface area contributed by atoms with Gasteiger partial charge < -0.3 is 19.5 Å². The van der Waals surface area contributed by atoms with Crippen molar-refractivity contribution in [1.29, 1.82) is 0 Å². The van der Waals surface area contributed by atoms with Crippen LogP contribution in [0.5, 0.6) is 0 Å². The molecule has 1 atom stereocenters. The van der Waals surface area contributed by atoms with Gasteiger partial charge in [0.2, 0.25) is 0 Å². The highest BCUT2D eigenvalue weighted by Gasteiger charge is 2.20. The zero-order chi connectivity index (χ0) is 17.2. The van der Waals surface area contributed by atoms with E-state index in [1.807, 2.05) is 20.8 Å². The summed E-state index contributed by atoms with van der Waals surface area (Å²) >= 11 is 0. The summed E-state index contributed by atoms with van der Waals surface area (Å²) in [6.45, 7) is 10.6. The summed E-state index contributed by atoms with van der Waals surface area (Å²) in [6, 6.07) is 0. The van der Waals surface area contributed by atoms with Crippen molar-refractivity contribution in [3.63, 3.8) is 0 Å². The molecule has 130 valence electrons. The Balaban J connectivity index is 4.28. The van der Waals surface area contributed by atoms with Gasteiger partial charge in [0.15, 0.2) is 0 Å². The van der Waals surface area contributed by atoms with Gasteiger partial charge in [-0.2, -0.15) is 0 Å². The molecule has 0 aliphatic carbocycles. The second-order valence-corrected chi connectivity index (χ2v) is 6.80. The number of nitrogens with one attached hydrogen (secondary N) is 1. The molecule has 22 heavy (non-hydrogen) atoms. The van der Waals surface area contributed by atoms with Crippen LogP contribution >= 0.6 is 0 Å². The molecule has 6 heteroatoms. The Kier molecular flexibility index (Phi) is 9.81. The van der Waals surface area contributed by atoms with E-state index < -0.39 is 11.7 Å². The Morgan fingerprint density at radius 1 is 1.14 bits per heavy atom. The van der Waals surface area contributed by atoms with Gasteiger partial charge in [0, 0.05) is 13.7 Å². The van der Waals surface area contributed by atoms with Crippen molar-refractivity contribution in [2.24, 2.45) is 11.8 Å². The number of hydrogen-bond acceptors (Lipinski definition) is 5. The Morgan fingerprint density at radius 2 is 1.77 bits per heavy atom. The summed E-state index contributed by atoms with van der Waals surface area (Å²) < 4.78 is 15.1. The van der Waals surface area contributed by atoms with Gasteiger partial charge in [-0.05, 0) is 39.0 Å². The lowest BCUT2D eigenvalue weighted by atomic mass is 9.94. The van der Waals surface area contributed by atoms with E-state index in [-0.39, 0.29) is 24.9 Å². The smallest absolute Gasteiger partial charge is 0.407 e. The first kappa shape index (κ1) is 20.7. The van der Waals surface area contributed by atoms with E-state index in [0.29, 0.717) is 19.1 Å². The van der Waals surface area contributed by atoms with E-state index in [2.05, 4.69) is 19.2 Å². The highest BCUT2D eigenvalue weighted by Crippen LogP contribution is 2.16. The molecule has 0 saturated carbocycles. The van der Waals surface area contributed by atoms with Gasteiger partial charge in [-0.25, -0.2) is 4.79 Å². The second kappa shape index (κ2) is 10.4. The zero-order valence-corrected chi connectivity index (χ0v) is 14.7. The first-order valence-corrected chi connectivity index (χ1v) is 7.75. The van der Waals surface area contributed by atoms with Crippen LogP contribution in [0.15, 0.2) is 0 Å². The topological polar surface area (TPSA) is 73.9 Å². The predicted octanol–water partition coefficient (Wildman–Crippen LogP) is 2.75. The summed E-state index contributed by atoms with van der Waals surface area (Å²) in [5.74, 6) is 0.188. The number of amides is 1. The molecule has 0 spiro atoms. The molecule has 0 aromatic heterocycles. The van der Waals surface area contributed by atoms with Gasteiger partial charge in [-0.3, -0.25) is 4.79 Å². The molecule has 0 saturated heterocycles. The highest BCUT2D eigenvalue weighted by atomic mass is 16.6. The molecule has 0 fully saturated rings. The van der Waals surface area contributed by atoms with E-state index in [0.717, 1.165) is 6.42 Å². The predicted molar refractivity (Wildman–Crippen MR) is 84.6 cm³/mol. The molecule has 0 rings (SSSR count). The lowest BCUT2D eigenvalue weighted by molar-refractivity contribution is -0.146. The normalized spacial score (nSPS) is 12.9. The minimum Gasteiger partial charge on any atom is -0.463 e. The van der Waals surface area contributed by atoms with Crippen LogP contribution in [0.1, 0.15) is 47.5 Å². The number of carbonyl (C=O) groups is 2. The standard InChI is InChI=1S/C16H31NO5/c1-12(2)9-13(10-14(18)21-8-7-20-6)11-17-15(19)22-16(3,4)5/h12-13H,7-11H2,1-6H3,(H,17,19)/t13-/m0/s1. The third-order valence-electron chi connectivity index (χ3n) is 2.74. The number of rotatable bonds is 9. The van der Waals surface area contributed by atoms with Crippen LogP contribution in [-0.2, 0) is 19.0 Å². The maximum absolute atomic E-state index is 11.8. The van der Waals surface area contributed by atoms with Crippen molar-refractivity contribution in [2.45, 2.75) is 53.1 Å². The van der Waals surface area contributed by atoms with E-state index in [4.69, 9.17) is 14.2 Å². The fourth-order valence-electron chi connectivity index (χ4n) is 1.98. The first-order valence-electron chi connectivity index (χ1n) is 7.75. The van der Waals surface area contributed by atoms with Crippen LogP contribution in [0.25, 0.3) is 0 Å².